The Bertz CT molecular complexity index is 525. The van der Waals surface area contributed by atoms with Gasteiger partial charge < -0.3 is 0 Å². The average molecular weight is 265 g/mol. The smallest absolute Gasteiger partial charge is 0.182 e. The van der Waals surface area contributed by atoms with Gasteiger partial charge in [-0.1, -0.05) is 22.9 Å². The van der Waals surface area contributed by atoms with Gasteiger partial charge in [0.25, 0.3) is 0 Å². The molecule has 0 bridgehead atoms. The molecular weight excluding hydrogens is 256 g/mol. The van der Waals surface area contributed by atoms with Gasteiger partial charge in [-0.15, -0.1) is 0 Å². The van der Waals surface area contributed by atoms with Gasteiger partial charge in [0.2, 0.25) is 0 Å². The van der Waals surface area contributed by atoms with E-state index in [-0.39, 0.29) is 5.78 Å². The van der Waals surface area contributed by atoms with E-state index in [9.17, 15) is 4.79 Å². The molecule has 4 heteroatoms. The monoisotopic (exact) mass is 264 g/mol. The molecule has 2 aromatic rings. The van der Waals surface area contributed by atoms with Crippen molar-refractivity contribution in [2.24, 2.45) is 0 Å². The first-order valence-electron chi connectivity index (χ1n) is 4.66. The summed E-state index contributed by atoms with van der Waals surface area (Å²) < 4.78 is 0.957. The summed E-state index contributed by atoms with van der Waals surface area (Å²) in [6.45, 7) is 1.82. The van der Waals surface area contributed by atoms with E-state index in [1.54, 1.807) is 0 Å². The van der Waals surface area contributed by atoms with Crippen molar-refractivity contribution >= 4 is 32.7 Å². The number of aromatic nitrogens is 2. The first-order chi connectivity index (χ1) is 7.20. The molecule has 0 atom stereocenters. The lowest BCUT2D eigenvalue weighted by Crippen LogP contribution is -2.01. The van der Waals surface area contributed by atoms with Gasteiger partial charge in [-0.25, -0.2) is 4.98 Å². The van der Waals surface area contributed by atoms with E-state index in [1.807, 2.05) is 25.1 Å². The molecular formula is C11H9BrN2O. The van der Waals surface area contributed by atoms with Gasteiger partial charge in [0.15, 0.2) is 5.78 Å². The summed E-state index contributed by atoms with van der Waals surface area (Å²) in [6, 6.07) is 5.61. The minimum Gasteiger partial charge on any atom is -0.292 e. The fourth-order valence-corrected chi connectivity index (χ4v) is 1.65. The standard InChI is InChI=1S/C11H9BrN2O/c1-2-11(15)10-6-13-9-5-7(12)3-4-8(9)14-10/h3-6H,2H2,1H3. The number of hydrogen-bond acceptors (Lipinski definition) is 3. The number of nitrogens with zero attached hydrogens (tertiary/aromatic N) is 2. The first-order valence-corrected chi connectivity index (χ1v) is 5.45. The Morgan fingerprint density at radius 2 is 2.20 bits per heavy atom. The molecule has 76 valence electrons. The predicted octanol–water partition coefficient (Wildman–Crippen LogP) is 2.99. The van der Waals surface area contributed by atoms with E-state index in [1.165, 1.54) is 6.20 Å². The van der Waals surface area contributed by atoms with Gasteiger partial charge in [0.1, 0.15) is 5.69 Å². The number of hydrogen-bond donors (Lipinski definition) is 0. The molecule has 0 amide bonds. The molecule has 0 spiro atoms. The van der Waals surface area contributed by atoms with Gasteiger partial charge in [0, 0.05) is 10.9 Å². The Hall–Kier alpha value is -1.29. The summed E-state index contributed by atoms with van der Waals surface area (Å²) in [5.41, 5.74) is 1.97. The lowest BCUT2D eigenvalue weighted by atomic mass is 10.2. The Kier molecular flexibility index (Phi) is 2.77. The molecule has 0 unspecified atom stereocenters. The predicted molar refractivity (Wildman–Crippen MR) is 61.9 cm³/mol. The van der Waals surface area contributed by atoms with Crippen molar-refractivity contribution in [2.45, 2.75) is 13.3 Å². The average Bonchev–Trinajstić information content (AvgIpc) is 2.27. The number of rotatable bonds is 2. The van der Waals surface area contributed by atoms with Crippen LogP contribution in [-0.2, 0) is 0 Å². The molecule has 15 heavy (non-hydrogen) atoms. The third kappa shape index (κ3) is 2.04. The third-order valence-corrected chi connectivity index (χ3v) is 2.60. The number of ketones is 1. The number of carbonyl (C=O) groups is 1. The van der Waals surface area contributed by atoms with Crippen molar-refractivity contribution in [3.63, 3.8) is 0 Å². The number of fused-ring (bicyclic) bond motifs is 1. The Balaban J connectivity index is 2.57. The number of benzene rings is 1. The largest absolute Gasteiger partial charge is 0.292 e. The molecule has 0 saturated carbocycles. The van der Waals surface area contributed by atoms with E-state index in [0.717, 1.165) is 15.5 Å². The maximum atomic E-state index is 11.4. The van der Waals surface area contributed by atoms with Crippen LogP contribution >= 0.6 is 15.9 Å². The van der Waals surface area contributed by atoms with E-state index in [4.69, 9.17) is 0 Å². The molecule has 0 saturated heterocycles. The van der Waals surface area contributed by atoms with Gasteiger partial charge in [0.05, 0.1) is 17.2 Å². The molecule has 0 aliphatic rings. The van der Waals surface area contributed by atoms with Crippen molar-refractivity contribution in [2.75, 3.05) is 0 Å². The summed E-state index contributed by atoms with van der Waals surface area (Å²) in [4.78, 5) is 19.9. The Morgan fingerprint density at radius 1 is 1.40 bits per heavy atom. The van der Waals surface area contributed by atoms with Crippen LogP contribution in [0.3, 0.4) is 0 Å². The highest BCUT2D eigenvalue weighted by molar-refractivity contribution is 9.10. The first kappa shape index (κ1) is 10.2. The van der Waals surface area contributed by atoms with Gasteiger partial charge >= 0.3 is 0 Å². The van der Waals surface area contributed by atoms with Crippen molar-refractivity contribution in [3.05, 3.63) is 34.6 Å². The van der Waals surface area contributed by atoms with Gasteiger partial charge in [-0.2, -0.15) is 0 Å². The third-order valence-electron chi connectivity index (χ3n) is 2.11. The molecule has 1 heterocycles. The lowest BCUT2D eigenvalue weighted by Gasteiger charge is -2.00. The van der Waals surface area contributed by atoms with E-state index in [2.05, 4.69) is 25.9 Å². The van der Waals surface area contributed by atoms with Crippen LogP contribution in [0.4, 0.5) is 0 Å². The van der Waals surface area contributed by atoms with Crippen molar-refractivity contribution in [1.29, 1.82) is 0 Å². The summed E-state index contributed by atoms with van der Waals surface area (Å²) in [5, 5.41) is 0. The fraction of sp³-hybridized carbons (Fsp3) is 0.182. The molecule has 0 aliphatic heterocycles. The van der Waals surface area contributed by atoms with Crippen LogP contribution in [0.15, 0.2) is 28.9 Å². The van der Waals surface area contributed by atoms with Crippen LogP contribution in [0.5, 0.6) is 0 Å². The molecule has 0 radical (unpaired) electrons. The fourth-order valence-electron chi connectivity index (χ4n) is 1.30. The SMILES string of the molecule is CCC(=O)c1cnc2cc(Br)ccc2n1. The van der Waals surface area contributed by atoms with Crippen LogP contribution in [0.1, 0.15) is 23.8 Å². The van der Waals surface area contributed by atoms with Crippen molar-refractivity contribution < 1.29 is 4.79 Å². The highest BCUT2D eigenvalue weighted by atomic mass is 79.9. The molecule has 3 nitrogen and oxygen atoms in total. The second-order valence-electron chi connectivity index (χ2n) is 3.17. The summed E-state index contributed by atoms with van der Waals surface area (Å²) >= 11 is 3.36. The maximum absolute atomic E-state index is 11.4. The Morgan fingerprint density at radius 3 is 2.93 bits per heavy atom. The van der Waals surface area contributed by atoms with Crippen LogP contribution in [0.2, 0.25) is 0 Å². The number of carbonyl (C=O) groups excluding carboxylic acids is 1. The van der Waals surface area contributed by atoms with Crippen LogP contribution in [0.25, 0.3) is 11.0 Å². The maximum Gasteiger partial charge on any atom is 0.182 e. The number of halogens is 1. The summed E-state index contributed by atoms with van der Waals surface area (Å²) in [6.07, 6.45) is 1.98. The van der Waals surface area contributed by atoms with Crippen LogP contribution < -0.4 is 0 Å². The molecule has 0 aliphatic carbocycles. The lowest BCUT2D eigenvalue weighted by molar-refractivity contribution is 0.0983. The second kappa shape index (κ2) is 4.06. The van der Waals surface area contributed by atoms with Crippen molar-refractivity contribution in [1.82, 2.24) is 9.97 Å². The van der Waals surface area contributed by atoms with Crippen LogP contribution in [0, 0.1) is 0 Å². The zero-order chi connectivity index (χ0) is 10.8. The molecule has 2 rings (SSSR count). The van der Waals surface area contributed by atoms with E-state index in [0.29, 0.717) is 12.1 Å². The number of Topliss-reactive ketones (excluding diaryl/α,β-unsaturated/α-hetero) is 1. The minimum atomic E-state index is 0.0207. The van der Waals surface area contributed by atoms with Gasteiger partial charge in [-0.3, -0.25) is 9.78 Å². The van der Waals surface area contributed by atoms with E-state index < -0.39 is 0 Å². The summed E-state index contributed by atoms with van der Waals surface area (Å²) in [7, 11) is 0. The zero-order valence-electron chi connectivity index (χ0n) is 8.20. The molecule has 0 N–H and O–H groups in total. The molecule has 1 aromatic heterocycles. The molecule has 0 fully saturated rings. The van der Waals surface area contributed by atoms with Gasteiger partial charge in [-0.05, 0) is 18.2 Å². The minimum absolute atomic E-state index is 0.0207. The highest BCUT2D eigenvalue weighted by Gasteiger charge is 2.06. The topological polar surface area (TPSA) is 42.9 Å². The quantitative estimate of drug-likeness (QED) is 0.784. The summed E-state index contributed by atoms with van der Waals surface area (Å²) in [5.74, 6) is 0.0207. The van der Waals surface area contributed by atoms with Crippen molar-refractivity contribution in [3.8, 4) is 0 Å². The zero-order valence-corrected chi connectivity index (χ0v) is 9.78. The van der Waals surface area contributed by atoms with E-state index >= 15 is 0 Å². The Labute approximate surface area is 95.7 Å². The highest BCUT2D eigenvalue weighted by Crippen LogP contribution is 2.16. The molecule has 1 aromatic carbocycles. The van der Waals surface area contributed by atoms with Crippen LogP contribution in [-0.4, -0.2) is 15.8 Å². The normalized spacial score (nSPS) is 10.5. The second-order valence-corrected chi connectivity index (χ2v) is 4.08.